The number of hydrogen-bond acceptors (Lipinski definition) is 3. The van der Waals surface area contributed by atoms with Gasteiger partial charge in [-0.05, 0) is 19.8 Å². The Balaban J connectivity index is 2.51. The number of carbonyl (C=O) groups excluding carboxylic acids is 1. The molecule has 1 heterocycles. The molecule has 0 saturated carbocycles. The minimum Gasteiger partial charge on any atom is -0.339 e. The van der Waals surface area contributed by atoms with Gasteiger partial charge in [0.25, 0.3) is 5.91 Å². The Morgan fingerprint density at radius 1 is 1.54 bits per heavy atom. The molecule has 1 N–H and O–H groups in total. The van der Waals surface area contributed by atoms with Crippen molar-refractivity contribution in [1.82, 2.24) is 4.90 Å². The van der Waals surface area contributed by atoms with Gasteiger partial charge >= 0.3 is 0 Å². The Morgan fingerprint density at radius 2 is 2.08 bits per heavy atom. The zero-order valence-electron chi connectivity index (χ0n) is 7.82. The van der Waals surface area contributed by atoms with Crippen LogP contribution in [-0.4, -0.2) is 35.3 Å². The molecular formula is C9H15NO3. The molecule has 1 aliphatic rings. The molecule has 1 fully saturated rings. The normalized spacial score (nSPS) is 18.8. The van der Waals surface area contributed by atoms with Crippen LogP contribution in [0.3, 0.4) is 0 Å². The quantitative estimate of drug-likeness (QED) is 0.406. The van der Waals surface area contributed by atoms with Crippen molar-refractivity contribution in [3.05, 3.63) is 12.2 Å². The molecule has 0 bridgehead atoms. The highest BCUT2D eigenvalue weighted by molar-refractivity contribution is 5.93. The Bertz CT molecular complexity index is 209. The molecular weight excluding hydrogens is 170 g/mol. The fourth-order valence-corrected chi connectivity index (χ4v) is 1.36. The van der Waals surface area contributed by atoms with E-state index in [2.05, 4.69) is 11.5 Å². The largest absolute Gasteiger partial charge is 0.339 e. The highest BCUT2D eigenvalue weighted by Crippen LogP contribution is 2.13. The fraction of sp³-hybridized carbons (Fsp3) is 0.667. The summed E-state index contributed by atoms with van der Waals surface area (Å²) in [5.74, 6) is -0.112. The number of carbonyl (C=O) groups is 1. The summed E-state index contributed by atoms with van der Waals surface area (Å²) in [6.45, 7) is 6.76. The van der Waals surface area contributed by atoms with Crippen LogP contribution in [0.5, 0.6) is 0 Å². The molecule has 0 aliphatic carbocycles. The lowest BCUT2D eigenvalue weighted by molar-refractivity contribution is -0.264. The molecule has 1 saturated heterocycles. The maximum absolute atomic E-state index is 11.6. The van der Waals surface area contributed by atoms with Crippen LogP contribution in [0.25, 0.3) is 0 Å². The second-order valence-corrected chi connectivity index (χ2v) is 3.27. The van der Waals surface area contributed by atoms with E-state index in [0.29, 0.717) is 5.57 Å². The van der Waals surface area contributed by atoms with Crippen LogP contribution < -0.4 is 0 Å². The van der Waals surface area contributed by atoms with Gasteiger partial charge in [0.2, 0.25) is 0 Å². The molecule has 4 heteroatoms. The summed E-state index contributed by atoms with van der Waals surface area (Å²) in [5, 5.41) is 8.37. The topological polar surface area (TPSA) is 49.8 Å². The molecule has 74 valence electrons. The molecule has 13 heavy (non-hydrogen) atoms. The van der Waals surface area contributed by atoms with Crippen molar-refractivity contribution in [2.45, 2.75) is 25.9 Å². The summed E-state index contributed by atoms with van der Waals surface area (Å²) < 4.78 is 0. The van der Waals surface area contributed by atoms with E-state index in [0.717, 1.165) is 25.9 Å². The lowest BCUT2D eigenvalue weighted by atomic mass is 10.1. The molecule has 0 aromatic rings. The second-order valence-electron chi connectivity index (χ2n) is 3.27. The standard InChI is InChI=1S/C9H15NO3/c1-7(8(2)13-12)9(11)10-5-3-4-6-10/h8,12H,1,3-6H2,2H3. The molecule has 1 amide bonds. The summed E-state index contributed by atoms with van der Waals surface area (Å²) in [4.78, 5) is 17.4. The maximum atomic E-state index is 11.6. The molecule has 1 rings (SSSR count). The van der Waals surface area contributed by atoms with Crippen LogP contribution in [-0.2, 0) is 9.68 Å². The zero-order chi connectivity index (χ0) is 9.84. The van der Waals surface area contributed by atoms with Gasteiger partial charge in [-0.15, -0.1) is 0 Å². The summed E-state index contributed by atoms with van der Waals surface area (Å²) in [7, 11) is 0. The third-order valence-corrected chi connectivity index (χ3v) is 2.32. The van der Waals surface area contributed by atoms with Crippen LogP contribution in [0.2, 0.25) is 0 Å². The van der Waals surface area contributed by atoms with E-state index in [9.17, 15) is 4.79 Å². The first-order valence-electron chi connectivity index (χ1n) is 4.45. The summed E-state index contributed by atoms with van der Waals surface area (Å²) in [6, 6.07) is 0. The van der Waals surface area contributed by atoms with E-state index < -0.39 is 6.10 Å². The minimum atomic E-state index is -0.618. The van der Waals surface area contributed by atoms with Crippen molar-refractivity contribution in [2.75, 3.05) is 13.1 Å². The van der Waals surface area contributed by atoms with Gasteiger partial charge in [0.1, 0.15) is 6.10 Å². The first-order chi connectivity index (χ1) is 6.16. The Morgan fingerprint density at radius 3 is 2.54 bits per heavy atom. The first-order valence-corrected chi connectivity index (χ1v) is 4.45. The SMILES string of the molecule is C=C(C(=O)N1CCCC1)C(C)OO. The first kappa shape index (κ1) is 10.2. The monoisotopic (exact) mass is 185 g/mol. The lowest BCUT2D eigenvalue weighted by Gasteiger charge is -2.18. The average molecular weight is 185 g/mol. The number of nitrogens with zero attached hydrogens (tertiary/aromatic N) is 1. The molecule has 0 aromatic carbocycles. The van der Waals surface area contributed by atoms with Gasteiger partial charge in [-0.1, -0.05) is 6.58 Å². The highest BCUT2D eigenvalue weighted by Gasteiger charge is 2.23. The smallest absolute Gasteiger partial charge is 0.251 e. The number of amides is 1. The van der Waals surface area contributed by atoms with E-state index in [1.165, 1.54) is 0 Å². The molecule has 1 aliphatic heterocycles. The summed E-state index contributed by atoms with van der Waals surface area (Å²) in [6.07, 6.45) is 1.48. The Kier molecular flexibility index (Phi) is 3.45. The van der Waals surface area contributed by atoms with E-state index >= 15 is 0 Å². The van der Waals surface area contributed by atoms with Crippen LogP contribution in [0.1, 0.15) is 19.8 Å². The second kappa shape index (κ2) is 4.39. The molecule has 1 unspecified atom stereocenters. The van der Waals surface area contributed by atoms with Gasteiger partial charge in [-0.25, -0.2) is 4.89 Å². The van der Waals surface area contributed by atoms with Crippen molar-refractivity contribution in [3.8, 4) is 0 Å². The van der Waals surface area contributed by atoms with Gasteiger partial charge in [0.05, 0.1) is 0 Å². The van der Waals surface area contributed by atoms with Crippen LogP contribution >= 0.6 is 0 Å². The van der Waals surface area contributed by atoms with Gasteiger partial charge in [-0.3, -0.25) is 10.1 Å². The van der Waals surface area contributed by atoms with Gasteiger partial charge in [0.15, 0.2) is 0 Å². The van der Waals surface area contributed by atoms with Crippen molar-refractivity contribution >= 4 is 5.91 Å². The molecule has 0 radical (unpaired) electrons. The van der Waals surface area contributed by atoms with Gasteiger partial charge < -0.3 is 4.90 Å². The van der Waals surface area contributed by atoms with E-state index in [-0.39, 0.29) is 5.91 Å². The molecule has 0 spiro atoms. The molecule has 0 aromatic heterocycles. The zero-order valence-corrected chi connectivity index (χ0v) is 7.82. The van der Waals surface area contributed by atoms with Crippen molar-refractivity contribution in [1.29, 1.82) is 0 Å². The number of hydrogen-bond donors (Lipinski definition) is 1. The predicted molar refractivity (Wildman–Crippen MR) is 48.1 cm³/mol. The third kappa shape index (κ3) is 2.29. The van der Waals surface area contributed by atoms with Crippen molar-refractivity contribution in [3.63, 3.8) is 0 Å². The maximum Gasteiger partial charge on any atom is 0.251 e. The Labute approximate surface area is 77.7 Å². The number of rotatable bonds is 3. The highest BCUT2D eigenvalue weighted by atomic mass is 17.1. The van der Waals surface area contributed by atoms with Gasteiger partial charge in [-0.2, -0.15) is 0 Å². The van der Waals surface area contributed by atoms with E-state index in [1.54, 1.807) is 11.8 Å². The predicted octanol–water partition coefficient (Wildman–Crippen LogP) is 1.04. The van der Waals surface area contributed by atoms with Gasteiger partial charge in [0, 0.05) is 18.7 Å². The lowest BCUT2D eigenvalue weighted by Crippen LogP contribution is -2.32. The molecule has 1 atom stereocenters. The Hall–Kier alpha value is -0.870. The summed E-state index contributed by atoms with van der Waals surface area (Å²) >= 11 is 0. The van der Waals surface area contributed by atoms with E-state index in [1.807, 2.05) is 0 Å². The van der Waals surface area contributed by atoms with Crippen molar-refractivity contribution in [2.24, 2.45) is 0 Å². The van der Waals surface area contributed by atoms with Crippen LogP contribution in [0.4, 0.5) is 0 Å². The third-order valence-electron chi connectivity index (χ3n) is 2.32. The van der Waals surface area contributed by atoms with Crippen LogP contribution in [0.15, 0.2) is 12.2 Å². The summed E-state index contributed by atoms with van der Waals surface area (Å²) in [5.41, 5.74) is 0.310. The van der Waals surface area contributed by atoms with E-state index in [4.69, 9.17) is 5.26 Å². The average Bonchev–Trinajstić information content (AvgIpc) is 2.67. The fourth-order valence-electron chi connectivity index (χ4n) is 1.36. The van der Waals surface area contributed by atoms with Crippen molar-refractivity contribution < 1.29 is 14.9 Å². The number of likely N-dealkylation sites (tertiary alicyclic amines) is 1. The van der Waals surface area contributed by atoms with Crippen LogP contribution in [0, 0.1) is 0 Å². The minimum absolute atomic E-state index is 0.112. The molecule has 4 nitrogen and oxygen atoms in total.